The van der Waals surface area contributed by atoms with Crippen LogP contribution in [-0.2, 0) is 0 Å². The lowest BCUT2D eigenvalue weighted by Crippen LogP contribution is -2.50. The fourth-order valence-electron chi connectivity index (χ4n) is 2.42. The Kier molecular flexibility index (Phi) is 4.69. The number of urea groups is 1. The first-order valence-corrected chi connectivity index (χ1v) is 7.44. The van der Waals surface area contributed by atoms with Crippen LogP contribution in [0.5, 0.6) is 5.88 Å². The Hall–Kier alpha value is -2.97. The number of hydrogen-bond donors (Lipinski definition) is 1. The van der Waals surface area contributed by atoms with Crippen molar-refractivity contribution in [3.05, 3.63) is 36.7 Å². The van der Waals surface area contributed by atoms with E-state index >= 15 is 0 Å². The predicted molar refractivity (Wildman–Crippen MR) is 85.6 cm³/mol. The lowest BCUT2D eigenvalue weighted by molar-refractivity contribution is 0.208. The molecular formula is C15H17FN6O2. The Balaban J connectivity index is 1.58. The highest BCUT2D eigenvalue weighted by molar-refractivity contribution is 5.89. The van der Waals surface area contributed by atoms with E-state index in [4.69, 9.17) is 4.74 Å². The van der Waals surface area contributed by atoms with Crippen molar-refractivity contribution in [2.45, 2.75) is 0 Å². The van der Waals surface area contributed by atoms with E-state index in [9.17, 15) is 9.18 Å². The summed E-state index contributed by atoms with van der Waals surface area (Å²) in [5, 5.41) is 2.56. The molecule has 1 aliphatic rings. The number of anilines is 2. The zero-order valence-corrected chi connectivity index (χ0v) is 13.1. The molecule has 0 unspecified atom stereocenters. The smallest absolute Gasteiger partial charge is 0.322 e. The Morgan fingerprint density at radius 1 is 1.29 bits per heavy atom. The Morgan fingerprint density at radius 2 is 2.08 bits per heavy atom. The molecule has 0 aromatic carbocycles. The summed E-state index contributed by atoms with van der Waals surface area (Å²) < 4.78 is 18.6. The van der Waals surface area contributed by atoms with Gasteiger partial charge < -0.3 is 19.9 Å². The van der Waals surface area contributed by atoms with Crippen LogP contribution in [0.15, 0.2) is 30.9 Å². The number of nitrogens with one attached hydrogen (secondary N) is 1. The second-order valence-corrected chi connectivity index (χ2v) is 5.18. The molecule has 3 heterocycles. The molecule has 0 bridgehead atoms. The van der Waals surface area contributed by atoms with Crippen molar-refractivity contribution in [2.24, 2.45) is 0 Å². The summed E-state index contributed by atoms with van der Waals surface area (Å²) in [5.74, 6) is 0.688. The molecule has 1 fully saturated rings. The van der Waals surface area contributed by atoms with Crippen molar-refractivity contribution in [3.63, 3.8) is 0 Å². The first-order chi connectivity index (χ1) is 11.7. The molecule has 3 rings (SSSR count). The van der Waals surface area contributed by atoms with E-state index in [-0.39, 0.29) is 11.7 Å². The topological polar surface area (TPSA) is 83.5 Å². The van der Waals surface area contributed by atoms with Crippen LogP contribution in [0, 0.1) is 5.82 Å². The molecule has 0 spiro atoms. The van der Waals surface area contributed by atoms with Gasteiger partial charge in [0.2, 0.25) is 5.88 Å². The average Bonchev–Trinajstić information content (AvgIpc) is 2.64. The van der Waals surface area contributed by atoms with Crippen LogP contribution in [0.2, 0.25) is 0 Å². The number of halogens is 1. The van der Waals surface area contributed by atoms with Gasteiger partial charge in [0, 0.05) is 38.4 Å². The van der Waals surface area contributed by atoms with E-state index in [0.29, 0.717) is 32.1 Å². The molecule has 0 atom stereocenters. The lowest BCUT2D eigenvalue weighted by Gasteiger charge is -2.35. The molecule has 0 radical (unpaired) electrons. The van der Waals surface area contributed by atoms with Crippen LogP contribution in [0.4, 0.5) is 20.7 Å². The number of rotatable bonds is 3. The van der Waals surface area contributed by atoms with Gasteiger partial charge >= 0.3 is 6.03 Å². The molecule has 126 valence electrons. The highest BCUT2D eigenvalue weighted by Gasteiger charge is 2.22. The normalized spacial score (nSPS) is 14.4. The molecule has 2 aromatic rings. The van der Waals surface area contributed by atoms with Crippen molar-refractivity contribution < 1.29 is 13.9 Å². The number of pyridine rings is 1. The predicted octanol–water partition coefficient (Wildman–Crippen LogP) is 1.37. The van der Waals surface area contributed by atoms with Gasteiger partial charge in [0.25, 0.3) is 0 Å². The fraction of sp³-hybridized carbons (Fsp3) is 0.333. The highest BCUT2D eigenvalue weighted by atomic mass is 19.1. The third-order valence-electron chi connectivity index (χ3n) is 3.74. The lowest BCUT2D eigenvalue weighted by atomic mass is 10.3. The molecule has 8 nitrogen and oxygen atoms in total. The van der Waals surface area contributed by atoms with Gasteiger partial charge in [0.15, 0.2) is 5.82 Å². The van der Waals surface area contributed by atoms with Gasteiger partial charge in [-0.15, -0.1) is 0 Å². The quantitative estimate of drug-likeness (QED) is 0.914. The number of methoxy groups -OCH3 is 1. The molecule has 0 saturated carbocycles. The van der Waals surface area contributed by atoms with E-state index in [1.54, 1.807) is 18.1 Å². The van der Waals surface area contributed by atoms with Crippen LogP contribution in [0.1, 0.15) is 0 Å². The van der Waals surface area contributed by atoms with E-state index in [0.717, 1.165) is 12.0 Å². The summed E-state index contributed by atoms with van der Waals surface area (Å²) in [6.07, 6.45) is 3.94. The Morgan fingerprint density at radius 3 is 2.79 bits per heavy atom. The van der Waals surface area contributed by atoms with Crippen molar-refractivity contribution in [1.82, 2.24) is 19.9 Å². The summed E-state index contributed by atoms with van der Waals surface area (Å²) in [7, 11) is 1.55. The largest absolute Gasteiger partial charge is 0.481 e. The third-order valence-corrected chi connectivity index (χ3v) is 3.74. The average molecular weight is 332 g/mol. The minimum Gasteiger partial charge on any atom is -0.481 e. The maximum Gasteiger partial charge on any atom is 0.322 e. The van der Waals surface area contributed by atoms with E-state index in [1.807, 2.05) is 4.90 Å². The van der Waals surface area contributed by atoms with E-state index in [2.05, 4.69) is 20.3 Å². The van der Waals surface area contributed by atoms with Crippen LogP contribution < -0.4 is 15.0 Å². The van der Waals surface area contributed by atoms with Gasteiger partial charge in [-0.25, -0.2) is 19.2 Å². The summed E-state index contributed by atoms with van der Waals surface area (Å²) in [4.78, 5) is 27.8. The second kappa shape index (κ2) is 7.07. The third kappa shape index (κ3) is 3.50. The number of ether oxygens (including phenoxy) is 1. The Labute approximate surface area is 138 Å². The summed E-state index contributed by atoms with van der Waals surface area (Å²) in [5.41, 5.74) is 0.123. The number of piperazine rings is 1. The van der Waals surface area contributed by atoms with Crippen LogP contribution in [0.25, 0.3) is 0 Å². The first kappa shape index (κ1) is 15.9. The molecule has 2 aromatic heterocycles. The van der Waals surface area contributed by atoms with Gasteiger partial charge in [-0.3, -0.25) is 4.98 Å². The van der Waals surface area contributed by atoms with Crippen molar-refractivity contribution >= 4 is 17.5 Å². The van der Waals surface area contributed by atoms with Gasteiger partial charge in [0.1, 0.15) is 12.1 Å². The molecule has 0 aliphatic carbocycles. The number of nitrogens with zero attached hydrogens (tertiary/aromatic N) is 5. The number of amides is 2. The van der Waals surface area contributed by atoms with E-state index < -0.39 is 5.82 Å². The van der Waals surface area contributed by atoms with Gasteiger partial charge in [0.05, 0.1) is 19.0 Å². The second-order valence-electron chi connectivity index (χ2n) is 5.18. The number of aromatic nitrogens is 3. The van der Waals surface area contributed by atoms with Crippen molar-refractivity contribution in [3.8, 4) is 5.88 Å². The number of carbonyl (C=O) groups is 1. The first-order valence-electron chi connectivity index (χ1n) is 7.44. The van der Waals surface area contributed by atoms with Gasteiger partial charge in [-0.1, -0.05) is 0 Å². The molecule has 9 heteroatoms. The number of carbonyl (C=O) groups excluding carboxylic acids is 1. The minimum atomic E-state index is -0.558. The maximum absolute atomic E-state index is 13.5. The summed E-state index contributed by atoms with van der Waals surface area (Å²) >= 11 is 0. The molecular weight excluding hydrogens is 315 g/mol. The Bertz CT molecular complexity index is 721. The standard InChI is InChI=1S/C15H17FN6O2/c1-24-14-8-13(18-10-19-14)21-4-6-22(7-5-21)15(23)20-12-2-3-17-9-11(12)16/h2-3,8-10H,4-7H2,1H3,(H,17,20,23). The van der Waals surface area contributed by atoms with Crippen molar-refractivity contribution in [1.29, 1.82) is 0 Å². The maximum atomic E-state index is 13.5. The number of hydrogen-bond acceptors (Lipinski definition) is 6. The highest BCUT2D eigenvalue weighted by Crippen LogP contribution is 2.18. The van der Waals surface area contributed by atoms with Gasteiger partial charge in [-0.2, -0.15) is 0 Å². The summed E-state index contributed by atoms with van der Waals surface area (Å²) in [6.45, 7) is 2.24. The van der Waals surface area contributed by atoms with Gasteiger partial charge in [-0.05, 0) is 6.07 Å². The van der Waals surface area contributed by atoms with Crippen LogP contribution >= 0.6 is 0 Å². The fourth-order valence-corrected chi connectivity index (χ4v) is 2.42. The monoisotopic (exact) mass is 332 g/mol. The minimum absolute atomic E-state index is 0.123. The zero-order chi connectivity index (χ0) is 16.9. The molecule has 1 saturated heterocycles. The van der Waals surface area contributed by atoms with E-state index in [1.165, 1.54) is 18.6 Å². The molecule has 1 N–H and O–H groups in total. The van der Waals surface area contributed by atoms with Crippen LogP contribution in [0.3, 0.4) is 0 Å². The zero-order valence-electron chi connectivity index (χ0n) is 13.1. The molecule has 1 aliphatic heterocycles. The van der Waals surface area contributed by atoms with Crippen LogP contribution in [-0.4, -0.2) is 59.2 Å². The summed E-state index contributed by atoms with van der Waals surface area (Å²) in [6, 6.07) is 2.85. The molecule has 24 heavy (non-hydrogen) atoms. The molecule has 2 amide bonds. The SMILES string of the molecule is COc1cc(N2CCN(C(=O)Nc3ccncc3F)CC2)ncn1. The van der Waals surface area contributed by atoms with Crippen molar-refractivity contribution in [2.75, 3.05) is 43.5 Å².